The summed E-state index contributed by atoms with van der Waals surface area (Å²) in [6.45, 7) is 2.08. The lowest BCUT2D eigenvalue weighted by atomic mass is 9.97. The third-order valence-electron chi connectivity index (χ3n) is 5.21. The number of nitrogens with one attached hydrogen (secondary N) is 1. The van der Waals surface area contributed by atoms with Gasteiger partial charge in [0.05, 0.1) is 17.1 Å². The van der Waals surface area contributed by atoms with Crippen molar-refractivity contribution in [2.75, 3.05) is 32.8 Å². The lowest BCUT2D eigenvalue weighted by Gasteiger charge is -2.30. The number of hydrogen-bond donors (Lipinski definition) is 1. The number of piperidine rings is 1. The average molecular weight is 420 g/mol. The van der Waals surface area contributed by atoms with Crippen LogP contribution in [0.1, 0.15) is 24.8 Å². The second-order valence-electron chi connectivity index (χ2n) is 7.18. The van der Waals surface area contributed by atoms with Crippen LogP contribution in [0.3, 0.4) is 0 Å². The van der Waals surface area contributed by atoms with Gasteiger partial charge in [-0.1, -0.05) is 6.07 Å². The number of nitrogens with zero attached hydrogens (tertiary/aromatic N) is 1. The van der Waals surface area contributed by atoms with Gasteiger partial charge < -0.3 is 10.1 Å². The van der Waals surface area contributed by atoms with Crippen LogP contribution in [0, 0.1) is 11.8 Å². The van der Waals surface area contributed by atoms with Gasteiger partial charge in [-0.3, -0.25) is 4.79 Å². The minimum atomic E-state index is -4.61. The smallest absolute Gasteiger partial charge is 0.381 e. The molecular formula is C18H23F3N2O4S. The maximum Gasteiger partial charge on any atom is 0.416 e. The topological polar surface area (TPSA) is 75.7 Å². The third-order valence-corrected chi connectivity index (χ3v) is 7.11. The van der Waals surface area contributed by atoms with Gasteiger partial charge in [0.1, 0.15) is 0 Å². The van der Waals surface area contributed by atoms with Crippen molar-refractivity contribution < 1.29 is 31.1 Å². The Morgan fingerprint density at radius 3 is 2.54 bits per heavy atom. The molecule has 0 saturated carbocycles. The van der Waals surface area contributed by atoms with Crippen LogP contribution in [0.15, 0.2) is 29.2 Å². The molecule has 1 aromatic carbocycles. The Balaban J connectivity index is 1.58. The van der Waals surface area contributed by atoms with Crippen molar-refractivity contribution in [3.63, 3.8) is 0 Å². The predicted molar refractivity (Wildman–Crippen MR) is 94.9 cm³/mol. The van der Waals surface area contributed by atoms with E-state index >= 15 is 0 Å². The van der Waals surface area contributed by atoms with Gasteiger partial charge in [0.15, 0.2) is 0 Å². The molecule has 1 amide bonds. The fourth-order valence-corrected chi connectivity index (χ4v) is 4.99. The first-order valence-electron chi connectivity index (χ1n) is 9.21. The molecule has 2 aliphatic rings. The lowest BCUT2D eigenvalue weighted by molar-refractivity contribution is -0.137. The molecule has 156 valence electrons. The zero-order valence-corrected chi connectivity index (χ0v) is 16.1. The summed E-state index contributed by atoms with van der Waals surface area (Å²) in [5.41, 5.74) is -1.00. The van der Waals surface area contributed by atoms with E-state index in [1.807, 2.05) is 0 Å². The summed E-state index contributed by atoms with van der Waals surface area (Å²) in [4.78, 5) is 11.9. The minimum absolute atomic E-state index is 0.100. The largest absolute Gasteiger partial charge is 0.416 e. The lowest BCUT2D eigenvalue weighted by Crippen LogP contribution is -2.43. The highest BCUT2D eigenvalue weighted by molar-refractivity contribution is 7.89. The molecule has 2 fully saturated rings. The number of benzene rings is 1. The summed E-state index contributed by atoms with van der Waals surface area (Å²) in [6, 6.07) is 3.73. The van der Waals surface area contributed by atoms with Gasteiger partial charge in [-0.25, -0.2) is 8.42 Å². The summed E-state index contributed by atoms with van der Waals surface area (Å²) in [5.74, 6) is -0.0939. The van der Waals surface area contributed by atoms with Crippen LogP contribution in [-0.4, -0.2) is 51.5 Å². The van der Waals surface area contributed by atoms with E-state index in [0.717, 1.165) is 28.9 Å². The van der Waals surface area contributed by atoms with Crippen LogP contribution in [0.2, 0.25) is 0 Å². The number of rotatable bonds is 5. The number of alkyl halides is 3. The summed E-state index contributed by atoms with van der Waals surface area (Å²) >= 11 is 0. The summed E-state index contributed by atoms with van der Waals surface area (Å²) < 4.78 is 70.4. The van der Waals surface area contributed by atoms with E-state index in [9.17, 15) is 26.4 Å². The molecule has 1 aromatic rings. The number of hydrogen-bond acceptors (Lipinski definition) is 4. The van der Waals surface area contributed by atoms with Gasteiger partial charge in [-0.2, -0.15) is 17.5 Å². The molecule has 2 aliphatic heterocycles. The molecule has 1 unspecified atom stereocenters. The van der Waals surface area contributed by atoms with Crippen LogP contribution in [0.4, 0.5) is 13.2 Å². The van der Waals surface area contributed by atoms with Crippen molar-refractivity contribution in [3.05, 3.63) is 29.8 Å². The molecule has 10 heteroatoms. The summed E-state index contributed by atoms with van der Waals surface area (Å²) in [7, 11) is -4.03. The van der Waals surface area contributed by atoms with Crippen molar-refractivity contribution in [1.82, 2.24) is 9.62 Å². The number of carbonyl (C=O) groups excluding carboxylic acids is 1. The van der Waals surface area contributed by atoms with E-state index in [0.29, 0.717) is 44.6 Å². The van der Waals surface area contributed by atoms with Crippen LogP contribution in [-0.2, 0) is 25.7 Å². The van der Waals surface area contributed by atoms with Gasteiger partial charge in [0.2, 0.25) is 15.9 Å². The van der Waals surface area contributed by atoms with Crippen LogP contribution in [0.25, 0.3) is 0 Å². The fraction of sp³-hybridized carbons (Fsp3) is 0.611. The fourth-order valence-electron chi connectivity index (χ4n) is 3.47. The van der Waals surface area contributed by atoms with Gasteiger partial charge in [0, 0.05) is 38.1 Å². The summed E-state index contributed by atoms with van der Waals surface area (Å²) in [5, 5.41) is 2.89. The first-order chi connectivity index (χ1) is 13.2. The van der Waals surface area contributed by atoms with Crippen molar-refractivity contribution in [3.8, 4) is 0 Å². The highest BCUT2D eigenvalue weighted by atomic mass is 32.2. The first-order valence-corrected chi connectivity index (χ1v) is 10.6. The quantitative estimate of drug-likeness (QED) is 0.793. The third kappa shape index (κ3) is 4.84. The summed E-state index contributed by atoms with van der Waals surface area (Å²) in [6.07, 6.45) is -3.02. The zero-order valence-electron chi connectivity index (χ0n) is 15.2. The molecule has 1 atom stereocenters. The van der Waals surface area contributed by atoms with E-state index in [2.05, 4.69) is 5.32 Å². The number of sulfonamides is 1. The number of halogens is 3. The number of carbonyl (C=O) groups is 1. The number of amides is 1. The van der Waals surface area contributed by atoms with Gasteiger partial charge in [0.25, 0.3) is 0 Å². The molecule has 0 bridgehead atoms. The predicted octanol–water partition coefficient (Wildman–Crippen LogP) is 2.26. The van der Waals surface area contributed by atoms with Crippen LogP contribution >= 0.6 is 0 Å². The maximum absolute atomic E-state index is 12.9. The molecule has 28 heavy (non-hydrogen) atoms. The molecule has 0 aromatic heterocycles. The normalized spacial score (nSPS) is 22.3. The Hall–Kier alpha value is -1.65. The number of ether oxygens (including phenoxy) is 1. The van der Waals surface area contributed by atoms with Crippen LogP contribution in [0.5, 0.6) is 0 Å². The SMILES string of the molecule is O=C(NCC1CCOC1)C1CCN(S(=O)(=O)c2cccc(C(F)(F)F)c2)CC1. The van der Waals surface area contributed by atoms with E-state index in [1.165, 1.54) is 0 Å². The molecule has 3 rings (SSSR count). The molecule has 0 radical (unpaired) electrons. The molecule has 1 N–H and O–H groups in total. The molecule has 0 spiro atoms. The van der Waals surface area contributed by atoms with Gasteiger partial charge in [-0.05, 0) is 37.5 Å². The van der Waals surface area contributed by atoms with Crippen molar-refractivity contribution in [1.29, 1.82) is 0 Å². The Bertz CT molecular complexity index is 799. The van der Waals surface area contributed by atoms with Gasteiger partial charge in [-0.15, -0.1) is 0 Å². The van der Waals surface area contributed by atoms with E-state index in [4.69, 9.17) is 4.74 Å². The Labute approximate surface area is 162 Å². The van der Waals surface area contributed by atoms with E-state index < -0.39 is 21.8 Å². The standard InChI is InChI=1S/C18H23F3N2O4S/c19-18(20,21)15-2-1-3-16(10-15)28(25,26)23-7-4-14(5-8-23)17(24)22-11-13-6-9-27-12-13/h1-3,10,13-14H,4-9,11-12H2,(H,22,24). The van der Waals surface area contributed by atoms with E-state index in [-0.39, 0.29) is 29.8 Å². The Morgan fingerprint density at radius 1 is 1.21 bits per heavy atom. The van der Waals surface area contributed by atoms with Crippen molar-refractivity contribution >= 4 is 15.9 Å². The minimum Gasteiger partial charge on any atom is -0.381 e. The van der Waals surface area contributed by atoms with Crippen molar-refractivity contribution in [2.24, 2.45) is 11.8 Å². The average Bonchev–Trinajstić information content (AvgIpc) is 3.19. The molecular weight excluding hydrogens is 397 g/mol. The Kier molecular flexibility index (Phi) is 6.31. The van der Waals surface area contributed by atoms with Crippen LogP contribution < -0.4 is 5.32 Å². The second-order valence-corrected chi connectivity index (χ2v) is 9.12. The van der Waals surface area contributed by atoms with Gasteiger partial charge >= 0.3 is 6.18 Å². The highest BCUT2D eigenvalue weighted by Crippen LogP contribution is 2.32. The van der Waals surface area contributed by atoms with E-state index in [1.54, 1.807) is 0 Å². The Morgan fingerprint density at radius 2 is 1.93 bits per heavy atom. The zero-order chi connectivity index (χ0) is 20.4. The van der Waals surface area contributed by atoms with Crippen molar-refractivity contribution in [2.45, 2.75) is 30.3 Å². The monoisotopic (exact) mass is 420 g/mol. The first kappa shape index (κ1) is 21.1. The second kappa shape index (κ2) is 8.38. The molecule has 6 nitrogen and oxygen atoms in total. The maximum atomic E-state index is 12.9. The highest BCUT2D eigenvalue weighted by Gasteiger charge is 2.35. The molecule has 2 saturated heterocycles. The molecule has 0 aliphatic carbocycles. The molecule has 2 heterocycles.